The second-order valence-electron chi connectivity index (χ2n) is 5.79. The van der Waals surface area contributed by atoms with E-state index in [1.54, 1.807) is 36.4 Å². The summed E-state index contributed by atoms with van der Waals surface area (Å²) < 4.78 is 7.54. The minimum Gasteiger partial charge on any atom is -0.436 e. The normalized spacial score (nSPS) is 10.9. The fourth-order valence-corrected chi connectivity index (χ4v) is 3.58. The lowest BCUT2D eigenvalue weighted by molar-refractivity contribution is 0.102. The van der Waals surface area contributed by atoms with Crippen LogP contribution in [0.5, 0.6) is 0 Å². The van der Waals surface area contributed by atoms with Crippen molar-refractivity contribution in [1.29, 1.82) is 0 Å². The molecular weight excluding hydrogens is 495 g/mol. The van der Waals surface area contributed by atoms with Crippen LogP contribution in [-0.4, -0.2) is 10.9 Å². The van der Waals surface area contributed by atoms with Crippen LogP contribution in [0.25, 0.3) is 22.6 Å². The van der Waals surface area contributed by atoms with Crippen molar-refractivity contribution in [2.24, 2.45) is 0 Å². The number of hydrogen-bond acceptors (Lipinski definition) is 3. The van der Waals surface area contributed by atoms with Gasteiger partial charge in [-0.25, -0.2) is 4.98 Å². The molecule has 1 amide bonds. The molecular formula is C20H11Br2ClN2O2. The number of halogens is 3. The average Bonchev–Trinajstić information content (AvgIpc) is 3.07. The smallest absolute Gasteiger partial charge is 0.257 e. The third-order valence-corrected chi connectivity index (χ3v) is 5.21. The van der Waals surface area contributed by atoms with Crippen LogP contribution in [-0.2, 0) is 0 Å². The molecule has 0 saturated carbocycles. The number of hydrogen-bond donors (Lipinski definition) is 1. The summed E-state index contributed by atoms with van der Waals surface area (Å²) >= 11 is 12.9. The number of fused-ring (bicyclic) bond motifs is 1. The molecule has 0 aliphatic rings. The first kappa shape index (κ1) is 18.2. The van der Waals surface area contributed by atoms with E-state index in [1.807, 2.05) is 24.3 Å². The molecule has 0 spiro atoms. The summed E-state index contributed by atoms with van der Waals surface area (Å²) in [5.41, 5.74) is 3.16. The number of rotatable bonds is 3. The van der Waals surface area contributed by atoms with Crippen LogP contribution in [0.2, 0.25) is 5.02 Å². The minimum absolute atomic E-state index is 0.295. The van der Waals surface area contributed by atoms with Gasteiger partial charge in [0.15, 0.2) is 5.58 Å². The van der Waals surface area contributed by atoms with E-state index < -0.39 is 0 Å². The zero-order chi connectivity index (χ0) is 19.0. The zero-order valence-electron chi connectivity index (χ0n) is 13.7. The van der Waals surface area contributed by atoms with Crippen LogP contribution in [0.4, 0.5) is 5.69 Å². The van der Waals surface area contributed by atoms with Crippen molar-refractivity contribution in [2.45, 2.75) is 0 Å². The van der Waals surface area contributed by atoms with E-state index in [0.717, 1.165) is 14.5 Å². The third-order valence-electron chi connectivity index (χ3n) is 3.89. The van der Waals surface area contributed by atoms with Gasteiger partial charge in [-0.15, -0.1) is 0 Å². The molecule has 4 rings (SSSR count). The summed E-state index contributed by atoms with van der Waals surface area (Å²) in [5, 5.41) is 3.23. The highest BCUT2D eigenvalue weighted by Crippen LogP contribution is 2.28. The Hall–Kier alpha value is -2.15. The summed E-state index contributed by atoms with van der Waals surface area (Å²) in [6, 6.07) is 18.2. The molecule has 0 bridgehead atoms. The Morgan fingerprint density at radius 1 is 1.00 bits per heavy atom. The molecule has 27 heavy (non-hydrogen) atoms. The van der Waals surface area contributed by atoms with E-state index >= 15 is 0 Å². The highest BCUT2D eigenvalue weighted by Gasteiger charge is 2.13. The molecule has 134 valence electrons. The molecule has 1 aromatic heterocycles. The fourth-order valence-electron chi connectivity index (χ4n) is 2.62. The molecule has 1 heterocycles. The van der Waals surface area contributed by atoms with Gasteiger partial charge in [0.05, 0.1) is 10.6 Å². The van der Waals surface area contributed by atoms with Gasteiger partial charge in [0.25, 0.3) is 5.91 Å². The summed E-state index contributed by atoms with van der Waals surface area (Å²) in [7, 11) is 0. The van der Waals surface area contributed by atoms with Crippen LogP contribution in [0.3, 0.4) is 0 Å². The molecule has 0 unspecified atom stereocenters. The van der Waals surface area contributed by atoms with E-state index in [-0.39, 0.29) is 5.91 Å². The molecule has 0 aliphatic heterocycles. The van der Waals surface area contributed by atoms with Gasteiger partial charge in [-0.05, 0) is 54.6 Å². The molecule has 3 aromatic carbocycles. The minimum atomic E-state index is -0.295. The van der Waals surface area contributed by atoms with E-state index in [4.69, 9.17) is 16.0 Å². The Kier molecular flexibility index (Phi) is 5.04. The summed E-state index contributed by atoms with van der Waals surface area (Å²) in [6.45, 7) is 0. The van der Waals surface area contributed by atoms with E-state index in [2.05, 4.69) is 42.2 Å². The second kappa shape index (κ2) is 7.46. The Labute approximate surface area is 176 Å². The highest BCUT2D eigenvalue weighted by molar-refractivity contribution is 9.10. The number of carbonyl (C=O) groups excluding carboxylic acids is 1. The molecule has 7 heteroatoms. The number of anilines is 1. The Morgan fingerprint density at radius 3 is 2.63 bits per heavy atom. The van der Waals surface area contributed by atoms with Crippen molar-refractivity contribution in [1.82, 2.24) is 4.98 Å². The van der Waals surface area contributed by atoms with Crippen LogP contribution in [0, 0.1) is 0 Å². The monoisotopic (exact) mass is 504 g/mol. The van der Waals surface area contributed by atoms with Gasteiger partial charge in [0, 0.05) is 20.2 Å². The number of nitrogens with one attached hydrogen (secondary N) is 1. The first-order chi connectivity index (χ1) is 13.0. The lowest BCUT2D eigenvalue weighted by Crippen LogP contribution is -2.12. The lowest BCUT2D eigenvalue weighted by atomic mass is 10.2. The largest absolute Gasteiger partial charge is 0.436 e. The lowest BCUT2D eigenvalue weighted by Gasteiger charge is -2.07. The molecule has 4 aromatic rings. The number of amides is 1. The van der Waals surface area contributed by atoms with Crippen LogP contribution in [0.15, 0.2) is 74.0 Å². The second-order valence-corrected chi connectivity index (χ2v) is 8.03. The summed E-state index contributed by atoms with van der Waals surface area (Å²) in [6.07, 6.45) is 0. The first-order valence-corrected chi connectivity index (χ1v) is 9.89. The summed E-state index contributed by atoms with van der Waals surface area (Å²) in [5.74, 6) is 0.223. The van der Waals surface area contributed by atoms with Crippen molar-refractivity contribution in [3.05, 3.63) is 80.2 Å². The van der Waals surface area contributed by atoms with Crippen molar-refractivity contribution in [3.8, 4) is 11.5 Å². The van der Waals surface area contributed by atoms with Gasteiger partial charge < -0.3 is 9.73 Å². The Balaban J connectivity index is 1.64. The average molecular weight is 507 g/mol. The van der Waals surface area contributed by atoms with Gasteiger partial charge in [0.2, 0.25) is 5.89 Å². The molecule has 0 atom stereocenters. The fraction of sp³-hybridized carbons (Fsp3) is 0. The van der Waals surface area contributed by atoms with Crippen molar-refractivity contribution >= 4 is 66.2 Å². The predicted octanol–water partition coefficient (Wildman–Crippen LogP) is 6.93. The standard InChI is InChI=1S/C20H11Br2ClN2O2/c21-12-3-1-2-11(8-12)20-25-17-10-14(5-7-18(17)27-20)24-19(26)15-9-13(22)4-6-16(15)23/h1-10H,(H,24,26). The van der Waals surface area contributed by atoms with Gasteiger partial charge in [-0.2, -0.15) is 0 Å². The van der Waals surface area contributed by atoms with Gasteiger partial charge >= 0.3 is 0 Å². The molecule has 0 saturated heterocycles. The van der Waals surface area contributed by atoms with Gasteiger partial charge in [0.1, 0.15) is 5.52 Å². The number of carbonyl (C=O) groups is 1. The first-order valence-electron chi connectivity index (χ1n) is 7.92. The van der Waals surface area contributed by atoms with E-state index in [0.29, 0.717) is 33.3 Å². The molecule has 1 N–H and O–H groups in total. The summed E-state index contributed by atoms with van der Waals surface area (Å²) in [4.78, 5) is 17.0. The zero-order valence-corrected chi connectivity index (χ0v) is 17.6. The van der Waals surface area contributed by atoms with Gasteiger partial charge in [-0.3, -0.25) is 4.79 Å². The van der Waals surface area contributed by atoms with Gasteiger partial charge in [-0.1, -0.05) is 49.5 Å². The predicted molar refractivity (Wildman–Crippen MR) is 114 cm³/mol. The van der Waals surface area contributed by atoms with Crippen LogP contribution >= 0.6 is 43.5 Å². The number of aromatic nitrogens is 1. The Morgan fingerprint density at radius 2 is 1.81 bits per heavy atom. The van der Waals surface area contributed by atoms with E-state index in [1.165, 1.54) is 0 Å². The quantitative estimate of drug-likeness (QED) is 0.328. The van der Waals surface area contributed by atoms with Crippen molar-refractivity contribution in [3.63, 3.8) is 0 Å². The number of nitrogens with zero attached hydrogens (tertiary/aromatic N) is 1. The maximum atomic E-state index is 12.5. The third kappa shape index (κ3) is 3.93. The maximum absolute atomic E-state index is 12.5. The van der Waals surface area contributed by atoms with Crippen molar-refractivity contribution in [2.75, 3.05) is 5.32 Å². The SMILES string of the molecule is O=C(Nc1ccc2oc(-c3cccc(Br)c3)nc2c1)c1cc(Br)ccc1Cl. The Bertz CT molecular complexity index is 1170. The topological polar surface area (TPSA) is 55.1 Å². The molecule has 4 nitrogen and oxygen atoms in total. The van der Waals surface area contributed by atoms with Crippen molar-refractivity contribution < 1.29 is 9.21 Å². The molecule has 0 aliphatic carbocycles. The highest BCUT2D eigenvalue weighted by atomic mass is 79.9. The van der Waals surface area contributed by atoms with E-state index in [9.17, 15) is 4.79 Å². The molecule has 0 fully saturated rings. The van der Waals surface area contributed by atoms with Crippen LogP contribution < -0.4 is 5.32 Å². The molecule has 0 radical (unpaired) electrons. The maximum Gasteiger partial charge on any atom is 0.257 e. The number of oxazole rings is 1. The number of benzene rings is 3. The van der Waals surface area contributed by atoms with Crippen LogP contribution in [0.1, 0.15) is 10.4 Å².